The number of carbonyl (C=O) groups excluding carboxylic acids is 1. The summed E-state index contributed by atoms with van der Waals surface area (Å²) in [6.45, 7) is 0. The molecule has 178 valence electrons. The molecule has 1 aromatic heterocycles. The number of carbonyl (C=O) groups is 1. The van der Waals surface area contributed by atoms with Crippen molar-refractivity contribution in [2.24, 2.45) is 5.10 Å². The van der Waals surface area contributed by atoms with E-state index in [0.717, 1.165) is 14.8 Å². The van der Waals surface area contributed by atoms with Crippen LogP contribution < -0.4 is 5.43 Å². The van der Waals surface area contributed by atoms with Crippen LogP contribution in [0, 0.1) is 7.14 Å². The molecular weight excluding hydrogens is 735 g/mol. The summed E-state index contributed by atoms with van der Waals surface area (Å²) in [7, 11) is 0. The Hall–Kier alpha value is -1.87. The van der Waals surface area contributed by atoms with E-state index < -0.39 is 0 Å². The first-order chi connectivity index (χ1) is 16.8. The number of nitrogens with one attached hydrogen (secondary N) is 1. The van der Waals surface area contributed by atoms with Crippen LogP contribution in [-0.2, 0) is 4.79 Å². The number of aromatic hydroxyl groups is 1. The van der Waals surface area contributed by atoms with Gasteiger partial charge in [0.1, 0.15) is 5.75 Å². The number of hydrazone groups is 1. The number of thioether (sulfide) groups is 1. The van der Waals surface area contributed by atoms with Crippen LogP contribution in [0.15, 0.2) is 70.9 Å². The summed E-state index contributed by atoms with van der Waals surface area (Å²) in [6.07, 6.45) is 1.41. The second kappa shape index (κ2) is 11.9. The summed E-state index contributed by atoms with van der Waals surface area (Å²) in [4.78, 5) is 12.4. The quantitative estimate of drug-likeness (QED) is 0.0989. The molecule has 0 atom stereocenters. The molecule has 0 radical (unpaired) electrons. The maximum Gasteiger partial charge on any atom is 0.250 e. The molecule has 0 aliphatic carbocycles. The number of phenolic OH excluding ortho intramolecular Hbond substituents is 1. The molecule has 0 saturated carbocycles. The Morgan fingerprint density at radius 2 is 1.71 bits per heavy atom. The molecule has 7 nitrogen and oxygen atoms in total. The highest BCUT2D eigenvalue weighted by Crippen LogP contribution is 2.29. The lowest BCUT2D eigenvalue weighted by Crippen LogP contribution is -2.20. The van der Waals surface area contributed by atoms with Gasteiger partial charge < -0.3 is 5.11 Å². The second-order valence-electron chi connectivity index (χ2n) is 7.03. The third-order valence-corrected chi connectivity index (χ3v) is 7.48. The Morgan fingerprint density at radius 3 is 2.40 bits per heavy atom. The normalized spacial score (nSPS) is 11.2. The molecule has 0 saturated heterocycles. The van der Waals surface area contributed by atoms with Crippen molar-refractivity contribution >= 4 is 92.3 Å². The van der Waals surface area contributed by atoms with E-state index in [4.69, 9.17) is 23.2 Å². The molecule has 0 aliphatic rings. The second-order valence-corrected chi connectivity index (χ2v) is 11.3. The molecule has 0 unspecified atom stereocenters. The fourth-order valence-electron chi connectivity index (χ4n) is 2.99. The third kappa shape index (κ3) is 6.67. The Balaban J connectivity index is 1.51. The van der Waals surface area contributed by atoms with Crippen molar-refractivity contribution in [3.05, 3.63) is 83.4 Å². The van der Waals surface area contributed by atoms with Gasteiger partial charge in [-0.2, -0.15) is 5.10 Å². The topological polar surface area (TPSA) is 92.4 Å². The SMILES string of the molecule is O=C(CSc1nnc(-c2ccc(Cl)cc2)n1-c1ccc(Cl)cc1)N/N=C/c1cc(I)cc(I)c1O. The first-order valence-corrected chi connectivity index (χ1v) is 13.8. The molecule has 1 heterocycles. The number of halogens is 4. The van der Waals surface area contributed by atoms with Gasteiger partial charge in [-0.15, -0.1) is 10.2 Å². The van der Waals surface area contributed by atoms with Crippen LogP contribution in [0.2, 0.25) is 10.0 Å². The first kappa shape index (κ1) is 26.2. The van der Waals surface area contributed by atoms with Crippen LogP contribution in [0.4, 0.5) is 0 Å². The molecule has 1 amide bonds. The van der Waals surface area contributed by atoms with Crippen LogP contribution in [0.3, 0.4) is 0 Å². The maximum absolute atomic E-state index is 12.4. The minimum Gasteiger partial charge on any atom is -0.506 e. The van der Waals surface area contributed by atoms with Crippen molar-refractivity contribution < 1.29 is 9.90 Å². The van der Waals surface area contributed by atoms with E-state index in [9.17, 15) is 9.90 Å². The molecule has 4 rings (SSSR count). The highest BCUT2D eigenvalue weighted by atomic mass is 127. The summed E-state index contributed by atoms with van der Waals surface area (Å²) in [6, 6.07) is 18.2. The van der Waals surface area contributed by atoms with Gasteiger partial charge in [0.05, 0.1) is 15.5 Å². The van der Waals surface area contributed by atoms with E-state index in [1.807, 2.05) is 57.5 Å². The van der Waals surface area contributed by atoms with Gasteiger partial charge in [-0.1, -0.05) is 35.0 Å². The van der Waals surface area contributed by atoms with E-state index in [1.54, 1.807) is 30.3 Å². The number of hydrogen-bond donors (Lipinski definition) is 2. The Kier molecular flexibility index (Phi) is 8.92. The number of amides is 1. The average molecular weight is 750 g/mol. The largest absolute Gasteiger partial charge is 0.506 e. The van der Waals surface area contributed by atoms with Crippen LogP contribution >= 0.6 is 80.1 Å². The van der Waals surface area contributed by atoms with Crippen molar-refractivity contribution in [1.29, 1.82) is 0 Å². The van der Waals surface area contributed by atoms with E-state index in [-0.39, 0.29) is 17.4 Å². The van der Waals surface area contributed by atoms with Gasteiger partial charge in [-0.05, 0) is 106 Å². The van der Waals surface area contributed by atoms with Crippen molar-refractivity contribution in [3.63, 3.8) is 0 Å². The molecule has 2 N–H and O–H groups in total. The predicted molar refractivity (Wildman–Crippen MR) is 157 cm³/mol. The zero-order chi connectivity index (χ0) is 24.9. The summed E-state index contributed by atoms with van der Waals surface area (Å²) in [5.41, 5.74) is 4.62. The van der Waals surface area contributed by atoms with E-state index in [0.29, 0.717) is 30.2 Å². The van der Waals surface area contributed by atoms with Gasteiger partial charge in [0.15, 0.2) is 11.0 Å². The van der Waals surface area contributed by atoms with E-state index >= 15 is 0 Å². The lowest BCUT2D eigenvalue weighted by Gasteiger charge is -2.10. The Labute approximate surface area is 242 Å². The van der Waals surface area contributed by atoms with Crippen molar-refractivity contribution in [3.8, 4) is 22.8 Å². The third-order valence-electron chi connectivity index (χ3n) is 4.60. The number of rotatable bonds is 7. The fourth-order valence-corrected chi connectivity index (χ4v) is 5.88. The van der Waals surface area contributed by atoms with Crippen molar-refractivity contribution in [2.75, 3.05) is 5.75 Å². The van der Waals surface area contributed by atoms with Gasteiger partial charge in [-0.3, -0.25) is 9.36 Å². The summed E-state index contributed by atoms with van der Waals surface area (Å²) in [5.74, 6) is 0.446. The highest BCUT2D eigenvalue weighted by Gasteiger charge is 2.17. The summed E-state index contributed by atoms with van der Waals surface area (Å²) >= 11 is 17.5. The fraction of sp³-hybridized carbons (Fsp3) is 0.0435. The van der Waals surface area contributed by atoms with Crippen LogP contribution in [0.25, 0.3) is 17.1 Å². The molecule has 0 spiro atoms. The van der Waals surface area contributed by atoms with Gasteiger partial charge >= 0.3 is 0 Å². The monoisotopic (exact) mass is 749 g/mol. The number of aromatic nitrogens is 3. The van der Waals surface area contributed by atoms with Crippen LogP contribution in [0.5, 0.6) is 5.75 Å². The van der Waals surface area contributed by atoms with Gasteiger partial charge in [0.2, 0.25) is 0 Å². The Morgan fingerprint density at radius 1 is 1.06 bits per heavy atom. The average Bonchev–Trinajstić information content (AvgIpc) is 3.25. The lowest BCUT2D eigenvalue weighted by atomic mass is 10.2. The number of phenols is 1. The minimum absolute atomic E-state index is 0.0551. The number of benzene rings is 3. The zero-order valence-electron chi connectivity index (χ0n) is 17.6. The van der Waals surface area contributed by atoms with Crippen LogP contribution in [0.1, 0.15) is 5.56 Å². The van der Waals surface area contributed by atoms with Crippen LogP contribution in [-0.4, -0.2) is 37.7 Å². The molecule has 0 aliphatic heterocycles. The number of hydrogen-bond acceptors (Lipinski definition) is 6. The Bertz CT molecular complexity index is 1400. The van der Waals surface area contributed by atoms with E-state index in [1.165, 1.54) is 18.0 Å². The van der Waals surface area contributed by atoms with Gasteiger partial charge in [-0.25, -0.2) is 5.43 Å². The number of nitrogens with zero attached hydrogens (tertiary/aromatic N) is 4. The standard InChI is InChI=1S/C23H15Cl2I2N5O2S/c24-15-3-1-13(2-4-15)22-30-31-23(32(22)18-7-5-16(25)6-8-18)35-12-20(33)29-28-11-14-9-17(26)10-19(27)21(14)34/h1-11,34H,12H2,(H,29,33)/b28-11+. The van der Waals surface area contributed by atoms with Gasteiger partial charge in [0.25, 0.3) is 5.91 Å². The van der Waals surface area contributed by atoms with Gasteiger partial charge in [0, 0.05) is 30.4 Å². The molecule has 12 heteroatoms. The van der Waals surface area contributed by atoms with Crippen molar-refractivity contribution in [1.82, 2.24) is 20.2 Å². The summed E-state index contributed by atoms with van der Waals surface area (Å²) in [5, 5.41) is 24.5. The molecule has 3 aromatic carbocycles. The predicted octanol–water partition coefficient (Wildman–Crippen LogP) is 6.40. The lowest BCUT2D eigenvalue weighted by molar-refractivity contribution is -0.118. The van der Waals surface area contributed by atoms with E-state index in [2.05, 4.69) is 43.3 Å². The molecule has 0 bridgehead atoms. The molecule has 35 heavy (non-hydrogen) atoms. The minimum atomic E-state index is -0.329. The zero-order valence-corrected chi connectivity index (χ0v) is 24.3. The summed E-state index contributed by atoms with van der Waals surface area (Å²) < 4.78 is 3.51. The van der Waals surface area contributed by atoms with Crippen molar-refractivity contribution in [2.45, 2.75) is 5.16 Å². The molecule has 4 aromatic rings. The maximum atomic E-state index is 12.4. The molecular formula is C23H15Cl2I2N5O2S. The highest BCUT2D eigenvalue weighted by molar-refractivity contribution is 14.1. The smallest absolute Gasteiger partial charge is 0.250 e. The molecule has 0 fully saturated rings. The first-order valence-electron chi connectivity index (χ1n) is 9.92.